The number of esters is 2. The molecular formula is C27H52O5. The molecule has 0 unspecified atom stereocenters. The molecule has 0 saturated carbocycles. The van der Waals surface area contributed by atoms with Crippen molar-refractivity contribution in [2.45, 2.75) is 148 Å². The van der Waals surface area contributed by atoms with Gasteiger partial charge < -0.3 is 14.6 Å². The Bertz CT molecular complexity index is 424. The second-order valence-corrected chi connectivity index (χ2v) is 9.13. The van der Waals surface area contributed by atoms with Crippen LogP contribution in [-0.2, 0) is 19.1 Å². The van der Waals surface area contributed by atoms with Gasteiger partial charge in [0, 0.05) is 12.8 Å². The van der Waals surface area contributed by atoms with E-state index in [4.69, 9.17) is 9.47 Å². The van der Waals surface area contributed by atoms with E-state index in [1.54, 1.807) is 0 Å². The molecule has 32 heavy (non-hydrogen) atoms. The van der Waals surface area contributed by atoms with E-state index in [1.807, 2.05) is 0 Å². The molecule has 0 aromatic heterocycles. The summed E-state index contributed by atoms with van der Waals surface area (Å²) < 4.78 is 10.4. The molecule has 0 fully saturated rings. The lowest BCUT2D eigenvalue weighted by Crippen LogP contribution is -2.28. The smallest absolute Gasteiger partial charge is 0.306 e. The molecular weight excluding hydrogens is 404 g/mol. The summed E-state index contributed by atoms with van der Waals surface area (Å²) in [4.78, 5) is 23.8. The molecule has 0 rings (SSSR count). The predicted octanol–water partition coefficient (Wildman–Crippen LogP) is 7.28. The fraction of sp³-hybridized carbons (Fsp3) is 0.926. The zero-order valence-corrected chi connectivity index (χ0v) is 21.2. The molecule has 0 heterocycles. The fourth-order valence-electron chi connectivity index (χ4n) is 3.79. The summed E-state index contributed by atoms with van der Waals surface area (Å²) in [5.74, 6) is -0.596. The standard InChI is InChI=1S/C27H52O5/c1-3-5-7-9-11-12-13-14-16-18-20-22-27(30)32-25(23-28)24-31-26(29)21-19-17-15-10-8-6-4-2/h25,28H,3-24H2,1-2H3/t25-/m0/s1. The first-order valence-corrected chi connectivity index (χ1v) is 13.6. The van der Waals surface area contributed by atoms with Gasteiger partial charge in [0.05, 0.1) is 6.61 Å². The van der Waals surface area contributed by atoms with Crippen LogP contribution in [0.2, 0.25) is 0 Å². The largest absolute Gasteiger partial charge is 0.462 e. The van der Waals surface area contributed by atoms with Crippen molar-refractivity contribution < 1.29 is 24.2 Å². The Labute approximate surface area is 198 Å². The van der Waals surface area contributed by atoms with E-state index < -0.39 is 6.10 Å². The maximum absolute atomic E-state index is 12.0. The normalized spacial score (nSPS) is 12.0. The molecule has 0 aromatic carbocycles. The highest BCUT2D eigenvalue weighted by atomic mass is 16.6. The molecule has 0 aliphatic rings. The fourth-order valence-corrected chi connectivity index (χ4v) is 3.79. The van der Waals surface area contributed by atoms with Crippen LogP contribution in [0.15, 0.2) is 0 Å². The van der Waals surface area contributed by atoms with Crippen LogP contribution in [0.25, 0.3) is 0 Å². The minimum absolute atomic E-state index is 0.0597. The number of rotatable bonds is 24. The van der Waals surface area contributed by atoms with Gasteiger partial charge >= 0.3 is 11.9 Å². The van der Waals surface area contributed by atoms with Crippen molar-refractivity contribution in [3.63, 3.8) is 0 Å². The number of carbonyl (C=O) groups is 2. The third kappa shape index (κ3) is 22.1. The molecule has 1 atom stereocenters. The van der Waals surface area contributed by atoms with Crippen LogP contribution in [-0.4, -0.2) is 36.4 Å². The molecule has 0 radical (unpaired) electrons. The zero-order valence-electron chi connectivity index (χ0n) is 21.2. The topological polar surface area (TPSA) is 72.8 Å². The number of aliphatic hydroxyl groups excluding tert-OH is 1. The molecule has 0 aliphatic heterocycles. The van der Waals surface area contributed by atoms with Crippen molar-refractivity contribution in [1.29, 1.82) is 0 Å². The predicted molar refractivity (Wildman–Crippen MR) is 132 cm³/mol. The molecule has 0 saturated heterocycles. The van der Waals surface area contributed by atoms with Crippen LogP contribution in [0.3, 0.4) is 0 Å². The van der Waals surface area contributed by atoms with E-state index in [9.17, 15) is 14.7 Å². The summed E-state index contributed by atoms with van der Waals surface area (Å²) in [7, 11) is 0. The Hall–Kier alpha value is -1.10. The summed E-state index contributed by atoms with van der Waals surface area (Å²) >= 11 is 0. The maximum Gasteiger partial charge on any atom is 0.306 e. The molecule has 0 amide bonds. The first kappa shape index (κ1) is 30.9. The molecule has 5 nitrogen and oxygen atoms in total. The van der Waals surface area contributed by atoms with Gasteiger partial charge in [0.25, 0.3) is 0 Å². The van der Waals surface area contributed by atoms with E-state index in [0.717, 1.165) is 38.5 Å². The second kappa shape index (κ2) is 24.5. The first-order valence-electron chi connectivity index (χ1n) is 13.6. The number of hydrogen-bond acceptors (Lipinski definition) is 5. The SMILES string of the molecule is CCCCCCCCCCCCCC(=O)O[C@@H](CO)COC(=O)CCCCCCCCC. The van der Waals surface area contributed by atoms with Crippen LogP contribution in [0.1, 0.15) is 142 Å². The Morgan fingerprint density at radius 2 is 0.969 bits per heavy atom. The number of unbranched alkanes of at least 4 members (excludes halogenated alkanes) is 16. The minimum Gasteiger partial charge on any atom is -0.462 e. The third-order valence-electron chi connectivity index (χ3n) is 5.90. The number of hydrogen-bond donors (Lipinski definition) is 1. The van der Waals surface area contributed by atoms with Crippen molar-refractivity contribution in [2.75, 3.05) is 13.2 Å². The maximum atomic E-state index is 12.0. The van der Waals surface area contributed by atoms with Gasteiger partial charge in [-0.1, -0.05) is 117 Å². The van der Waals surface area contributed by atoms with Crippen molar-refractivity contribution in [1.82, 2.24) is 0 Å². The van der Waals surface area contributed by atoms with Gasteiger partial charge in [0.1, 0.15) is 6.61 Å². The molecule has 190 valence electrons. The Balaban J connectivity index is 3.60. The van der Waals surface area contributed by atoms with E-state index in [2.05, 4.69) is 13.8 Å². The Kier molecular flexibility index (Phi) is 23.7. The molecule has 5 heteroatoms. The molecule has 0 aromatic rings. The summed E-state index contributed by atoms with van der Waals surface area (Å²) in [6.45, 7) is 4.06. The summed E-state index contributed by atoms with van der Waals surface area (Å²) in [6.07, 6.45) is 21.6. The van der Waals surface area contributed by atoms with E-state index in [-0.39, 0.29) is 25.2 Å². The second-order valence-electron chi connectivity index (χ2n) is 9.13. The highest BCUT2D eigenvalue weighted by molar-refractivity contribution is 5.70. The monoisotopic (exact) mass is 456 g/mol. The van der Waals surface area contributed by atoms with E-state index in [0.29, 0.717) is 12.8 Å². The van der Waals surface area contributed by atoms with Gasteiger partial charge in [-0.25, -0.2) is 0 Å². The zero-order chi connectivity index (χ0) is 23.7. The number of carbonyl (C=O) groups excluding carboxylic acids is 2. The Morgan fingerprint density at radius 3 is 1.38 bits per heavy atom. The lowest BCUT2D eigenvalue weighted by Gasteiger charge is -2.15. The summed E-state index contributed by atoms with van der Waals surface area (Å²) in [5, 5.41) is 9.40. The van der Waals surface area contributed by atoms with Gasteiger partial charge in [-0.05, 0) is 12.8 Å². The lowest BCUT2D eigenvalue weighted by molar-refractivity contribution is -0.161. The van der Waals surface area contributed by atoms with Gasteiger partial charge in [-0.2, -0.15) is 0 Å². The van der Waals surface area contributed by atoms with Crippen LogP contribution < -0.4 is 0 Å². The molecule has 0 spiro atoms. The summed E-state index contributed by atoms with van der Waals surface area (Å²) in [6, 6.07) is 0. The van der Waals surface area contributed by atoms with Crippen LogP contribution in [0.4, 0.5) is 0 Å². The summed E-state index contributed by atoms with van der Waals surface area (Å²) in [5.41, 5.74) is 0. The highest BCUT2D eigenvalue weighted by Gasteiger charge is 2.16. The van der Waals surface area contributed by atoms with Gasteiger partial charge in [-0.15, -0.1) is 0 Å². The van der Waals surface area contributed by atoms with E-state index >= 15 is 0 Å². The van der Waals surface area contributed by atoms with Crippen LogP contribution in [0, 0.1) is 0 Å². The quantitative estimate of drug-likeness (QED) is 0.122. The third-order valence-corrected chi connectivity index (χ3v) is 5.90. The highest BCUT2D eigenvalue weighted by Crippen LogP contribution is 2.13. The van der Waals surface area contributed by atoms with Crippen molar-refractivity contribution in [2.24, 2.45) is 0 Å². The van der Waals surface area contributed by atoms with Gasteiger partial charge in [-0.3, -0.25) is 9.59 Å². The number of aliphatic hydroxyl groups is 1. The lowest BCUT2D eigenvalue weighted by atomic mass is 10.1. The number of ether oxygens (including phenoxy) is 2. The minimum atomic E-state index is -0.756. The Morgan fingerprint density at radius 1 is 0.594 bits per heavy atom. The van der Waals surface area contributed by atoms with E-state index in [1.165, 1.54) is 77.0 Å². The molecule has 1 N–H and O–H groups in total. The first-order chi connectivity index (χ1) is 15.6. The van der Waals surface area contributed by atoms with Gasteiger partial charge in [0.15, 0.2) is 6.10 Å². The van der Waals surface area contributed by atoms with Crippen molar-refractivity contribution in [3.8, 4) is 0 Å². The van der Waals surface area contributed by atoms with Crippen molar-refractivity contribution >= 4 is 11.9 Å². The van der Waals surface area contributed by atoms with Gasteiger partial charge in [0.2, 0.25) is 0 Å². The average Bonchev–Trinajstić information content (AvgIpc) is 2.79. The molecule has 0 aliphatic carbocycles. The van der Waals surface area contributed by atoms with Crippen LogP contribution in [0.5, 0.6) is 0 Å². The van der Waals surface area contributed by atoms with Crippen LogP contribution >= 0.6 is 0 Å². The molecule has 0 bridgehead atoms. The average molecular weight is 457 g/mol. The van der Waals surface area contributed by atoms with Crippen molar-refractivity contribution in [3.05, 3.63) is 0 Å².